The number of imidazole rings is 1. The minimum atomic E-state index is -0.845. The Morgan fingerprint density at radius 3 is 2.60 bits per heavy atom. The molecule has 0 spiro atoms. The lowest BCUT2D eigenvalue weighted by Gasteiger charge is -2.24. The number of para-hydroxylation sites is 2. The van der Waals surface area contributed by atoms with Crippen molar-refractivity contribution in [3.8, 4) is 17.2 Å². The summed E-state index contributed by atoms with van der Waals surface area (Å²) in [5.41, 5.74) is 2.46. The second kappa shape index (κ2) is 15.0. The van der Waals surface area contributed by atoms with Crippen molar-refractivity contribution in [3.05, 3.63) is 88.8 Å². The molecule has 0 bridgehead atoms. The number of aromatic amines is 1. The van der Waals surface area contributed by atoms with Gasteiger partial charge in [-0.2, -0.15) is 0 Å². The van der Waals surface area contributed by atoms with Crippen LogP contribution in [-0.2, 0) is 14.3 Å². The molecule has 1 unspecified atom stereocenters. The number of Topliss-reactive ketones (excluding diaryl/α,β-unsaturated/α-hetero) is 1. The fourth-order valence-electron chi connectivity index (χ4n) is 5.97. The van der Waals surface area contributed by atoms with Gasteiger partial charge >= 0.3 is 5.97 Å². The Balaban J connectivity index is 1.52. The number of cyclic esters (lactones) is 1. The highest BCUT2D eigenvalue weighted by Gasteiger charge is 2.31. The number of rotatable bonds is 7. The molecule has 1 aromatic heterocycles. The highest BCUT2D eigenvalue weighted by atomic mass is 16.5. The number of fused-ring (bicyclic) bond motifs is 2. The summed E-state index contributed by atoms with van der Waals surface area (Å²) in [6, 6.07) is 15.5. The van der Waals surface area contributed by atoms with Gasteiger partial charge in [0, 0.05) is 30.7 Å². The predicted molar refractivity (Wildman–Crippen MR) is 178 cm³/mol. The summed E-state index contributed by atoms with van der Waals surface area (Å²) in [5.74, 6) is -1.33. The Bertz CT molecular complexity index is 1740. The maximum Gasteiger partial charge on any atom is 0.342 e. The largest absolute Gasteiger partial charge is 0.507 e. The summed E-state index contributed by atoms with van der Waals surface area (Å²) in [7, 11) is 1.54. The molecule has 246 valence electrons. The fraction of sp³-hybridized carbons (Fsp3) is 0.351. The van der Waals surface area contributed by atoms with E-state index in [1.165, 1.54) is 6.07 Å². The van der Waals surface area contributed by atoms with Crippen LogP contribution < -0.4 is 10.1 Å². The first kappa shape index (κ1) is 33.2. The smallest absolute Gasteiger partial charge is 0.342 e. The number of nitrogens with zero attached hydrogens (tertiary/aromatic N) is 1. The van der Waals surface area contributed by atoms with Gasteiger partial charge in [-0.25, -0.2) is 9.78 Å². The van der Waals surface area contributed by atoms with E-state index in [-0.39, 0.29) is 40.6 Å². The molecule has 10 nitrogen and oxygen atoms in total. The van der Waals surface area contributed by atoms with Crippen LogP contribution in [-0.4, -0.2) is 51.1 Å². The van der Waals surface area contributed by atoms with E-state index >= 15 is 0 Å². The lowest BCUT2D eigenvalue weighted by molar-refractivity contribution is -0.122. The lowest BCUT2D eigenvalue weighted by Crippen LogP contribution is -2.29. The van der Waals surface area contributed by atoms with E-state index in [2.05, 4.69) is 15.3 Å². The van der Waals surface area contributed by atoms with E-state index in [1.807, 2.05) is 31.2 Å². The van der Waals surface area contributed by atoms with E-state index in [4.69, 9.17) is 9.47 Å². The maximum atomic E-state index is 13.6. The predicted octanol–water partition coefficient (Wildman–Crippen LogP) is 6.86. The maximum absolute atomic E-state index is 13.6. The monoisotopic (exact) mass is 639 g/mol. The molecule has 5 rings (SSSR count). The Morgan fingerprint density at radius 1 is 1.11 bits per heavy atom. The van der Waals surface area contributed by atoms with Crippen molar-refractivity contribution >= 4 is 34.8 Å². The van der Waals surface area contributed by atoms with E-state index < -0.39 is 29.8 Å². The number of H-pyrrole nitrogens is 1. The molecule has 1 aliphatic rings. The first-order valence-electron chi connectivity index (χ1n) is 16.0. The van der Waals surface area contributed by atoms with Crippen LogP contribution in [0.3, 0.4) is 0 Å². The molecule has 0 aliphatic carbocycles. The molecule has 2 heterocycles. The second-order valence-corrected chi connectivity index (χ2v) is 12.0. The Labute approximate surface area is 273 Å². The Morgan fingerprint density at radius 2 is 1.85 bits per heavy atom. The van der Waals surface area contributed by atoms with E-state index in [9.17, 15) is 24.6 Å². The molecule has 10 heteroatoms. The quantitative estimate of drug-likeness (QED) is 0.160. The number of nitrogens with one attached hydrogen (secondary N) is 2. The summed E-state index contributed by atoms with van der Waals surface area (Å²) in [4.78, 5) is 47.2. The number of amides is 1. The third kappa shape index (κ3) is 8.00. The minimum absolute atomic E-state index is 0.0326. The molecule has 1 aliphatic heterocycles. The molecule has 3 atom stereocenters. The van der Waals surface area contributed by atoms with E-state index in [1.54, 1.807) is 50.5 Å². The number of aromatic hydroxyl groups is 2. The van der Waals surface area contributed by atoms with E-state index in [0.717, 1.165) is 11.0 Å². The molecule has 0 radical (unpaired) electrons. The molecule has 0 fully saturated rings. The van der Waals surface area contributed by atoms with Gasteiger partial charge in [0.25, 0.3) is 0 Å². The molecular weight excluding hydrogens is 598 g/mol. The van der Waals surface area contributed by atoms with Crippen molar-refractivity contribution in [2.75, 3.05) is 7.11 Å². The van der Waals surface area contributed by atoms with Crippen molar-refractivity contribution in [2.45, 2.75) is 76.9 Å². The van der Waals surface area contributed by atoms with Gasteiger partial charge in [0.05, 0.1) is 30.3 Å². The highest BCUT2D eigenvalue weighted by molar-refractivity contribution is 5.98. The van der Waals surface area contributed by atoms with Crippen molar-refractivity contribution in [3.63, 3.8) is 0 Å². The van der Waals surface area contributed by atoms with Crippen LogP contribution in [0, 0.1) is 0 Å². The highest BCUT2D eigenvalue weighted by Crippen LogP contribution is 2.44. The summed E-state index contributed by atoms with van der Waals surface area (Å²) in [5, 5.41) is 26.2. The molecule has 47 heavy (non-hydrogen) atoms. The van der Waals surface area contributed by atoms with Crippen molar-refractivity contribution in [2.24, 2.45) is 0 Å². The third-order valence-corrected chi connectivity index (χ3v) is 8.50. The topological polar surface area (TPSA) is 151 Å². The number of phenols is 2. The second-order valence-electron chi connectivity index (χ2n) is 12.0. The molecule has 3 aromatic carbocycles. The van der Waals surface area contributed by atoms with Gasteiger partial charge in [-0.1, -0.05) is 36.4 Å². The number of hydrogen-bond acceptors (Lipinski definition) is 8. The number of carbonyl (C=O) groups is 3. The SMILES string of the molecule is COc1ccc(C(CC(=O)N[C@@H](C)c2nc3ccccc3[nH]2)c2c(O)cc3c(c2O)C(=O)O[C@@H](C)CCCC(=O)CCC/C=C/3)cc1. The van der Waals surface area contributed by atoms with Crippen LogP contribution in [0.2, 0.25) is 0 Å². The number of methoxy groups -OCH3 is 1. The number of phenolic OH excluding ortho intramolecular Hbond substituents is 2. The van der Waals surface area contributed by atoms with Crippen LogP contribution in [0.25, 0.3) is 17.1 Å². The zero-order chi connectivity index (χ0) is 33.5. The number of ketones is 1. The first-order valence-corrected chi connectivity index (χ1v) is 16.0. The number of esters is 1. The fourth-order valence-corrected chi connectivity index (χ4v) is 5.97. The minimum Gasteiger partial charge on any atom is -0.507 e. The van der Waals surface area contributed by atoms with Crippen LogP contribution in [0.1, 0.15) is 104 Å². The van der Waals surface area contributed by atoms with Gasteiger partial charge in [0.1, 0.15) is 34.4 Å². The molecular formula is C37H41N3O7. The summed E-state index contributed by atoms with van der Waals surface area (Å²) >= 11 is 0. The van der Waals surface area contributed by atoms with Gasteiger partial charge in [-0.3, -0.25) is 9.59 Å². The lowest BCUT2D eigenvalue weighted by atomic mass is 9.84. The first-order chi connectivity index (χ1) is 22.6. The third-order valence-electron chi connectivity index (χ3n) is 8.50. The summed E-state index contributed by atoms with van der Waals surface area (Å²) in [6.07, 6.45) is 5.98. The zero-order valence-electron chi connectivity index (χ0n) is 26.9. The van der Waals surface area contributed by atoms with Crippen LogP contribution in [0.4, 0.5) is 0 Å². The normalized spacial score (nSPS) is 18.0. The van der Waals surface area contributed by atoms with Crippen LogP contribution in [0.5, 0.6) is 17.2 Å². The average molecular weight is 640 g/mol. The molecule has 0 saturated carbocycles. The average Bonchev–Trinajstić information content (AvgIpc) is 3.48. The summed E-state index contributed by atoms with van der Waals surface area (Å²) < 4.78 is 11.0. The Hall–Kier alpha value is -5.12. The van der Waals surface area contributed by atoms with Crippen molar-refractivity contribution in [1.29, 1.82) is 0 Å². The Kier molecular flexibility index (Phi) is 10.6. The molecule has 4 N–H and O–H groups in total. The van der Waals surface area contributed by atoms with Crippen molar-refractivity contribution in [1.82, 2.24) is 15.3 Å². The zero-order valence-corrected chi connectivity index (χ0v) is 26.9. The van der Waals surface area contributed by atoms with Crippen LogP contribution in [0.15, 0.2) is 60.7 Å². The van der Waals surface area contributed by atoms with Gasteiger partial charge in [0.2, 0.25) is 5.91 Å². The number of allylic oxidation sites excluding steroid dienone is 1. The number of benzene rings is 3. The number of aromatic nitrogens is 2. The number of carbonyl (C=O) groups excluding carboxylic acids is 3. The number of ether oxygens (including phenoxy) is 2. The van der Waals surface area contributed by atoms with Gasteiger partial charge in [-0.05, 0) is 81.0 Å². The van der Waals surface area contributed by atoms with Crippen molar-refractivity contribution < 1.29 is 34.1 Å². The van der Waals surface area contributed by atoms with Gasteiger partial charge in [0.15, 0.2) is 0 Å². The van der Waals surface area contributed by atoms with Gasteiger partial charge in [-0.15, -0.1) is 0 Å². The van der Waals surface area contributed by atoms with E-state index in [0.29, 0.717) is 55.7 Å². The van der Waals surface area contributed by atoms with Gasteiger partial charge < -0.3 is 30.0 Å². The van der Waals surface area contributed by atoms with Crippen LogP contribution >= 0.6 is 0 Å². The summed E-state index contributed by atoms with van der Waals surface area (Å²) in [6.45, 7) is 3.56. The number of hydrogen-bond donors (Lipinski definition) is 4. The standard InChI is InChI=1S/C37H41N3O7/c1-22-10-9-13-26(41)12-6-4-5-11-25-20-31(42)34(35(44)33(25)37(45)47-22)28(24-16-18-27(46-3)19-17-24)21-32(43)38-23(2)36-39-29-14-7-8-15-30(29)40-36/h5,7-8,11,14-20,22-23,28,42,44H,4,6,9-10,12-13,21H2,1-3H3,(H,38,43)(H,39,40)/b11-5+/t22-,23-,28?/m0/s1. The molecule has 1 amide bonds. The molecule has 4 aromatic rings. The molecule has 0 saturated heterocycles.